The Morgan fingerprint density at radius 2 is 1.82 bits per heavy atom. The summed E-state index contributed by atoms with van der Waals surface area (Å²) in [7, 11) is 0. The van der Waals surface area contributed by atoms with Crippen molar-refractivity contribution in [3.63, 3.8) is 0 Å². The Morgan fingerprint density at radius 3 is 2.46 bits per heavy atom. The summed E-state index contributed by atoms with van der Waals surface area (Å²) < 4.78 is 11.6. The summed E-state index contributed by atoms with van der Waals surface area (Å²) in [6.45, 7) is 5.93. The topological polar surface area (TPSA) is 120 Å². The lowest BCUT2D eigenvalue weighted by molar-refractivity contribution is 0.230. The van der Waals surface area contributed by atoms with Crippen LogP contribution >= 0.6 is 0 Å². The van der Waals surface area contributed by atoms with Crippen LogP contribution in [0.4, 0.5) is 0 Å². The predicted molar refractivity (Wildman–Crippen MR) is 103 cm³/mol. The van der Waals surface area contributed by atoms with Crippen LogP contribution in [0.15, 0.2) is 36.7 Å². The van der Waals surface area contributed by atoms with Gasteiger partial charge >= 0.3 is 0 Å². The van der Waals surface area contributed by atoms with Gasteiger partial charge in [-0.25, -0.2) is 9.97 Å². The molecule has 142 valence electrons. The van der Waals surface area contributed by atoms with Gasteiger partial charge in [-0.3, -0.25) is 0 Å². The largest absolute Gasteiger partial charge is 0.475 e. The van der Waals surface area contributed by atoms with Crippen molar-refractivity contribution in [3.05, 3.63) is 53.6 Å². The highest BCUT2D eigenvalue weighted by Crippen LogP contribution is 2.32. The molecule has 0 unspecified atom stereocenters. The van der Waals surface area contributed by atoms with Gasteiger partial charge in [-0.05, 0) is 39.0 Å². The molecule has 0 radical (unpaired) electrons. The highest BCUT2D eigenvalue weighted by atomic mass is 16.5. The number of aromatic nitrogens is 4. The molecule has 2 heterocycles. The number of nitrogens with two attached hydrogens (primary N) is 1. The average Bonchev–Trinajstić information content (AvgIpc) is 2.67. The summed E-state index contributed by atoms with van der Waals surface area (Å²) in [5, 5.41) is 9.25. The second kappa shape index (κ2) is 8.41. The predicted octanol–water partition coefficient (Wildman–Crippen LogP) is 3.15. The highest BCUT2D eigenvalue weighted by molar-refractivity contribution is 5.66. The van der Waals surface area contributed by atoms with Crippen molar-refractivity contribution in [2.45, 2.75) is 33.4 Å². The lowest BCUT2D eigenvalue weighted by Crippen LogP contribution is -2.08. The number of nitrogens with zero attached hydrogens (tertiary/aromatic N) is 5. The Kier molecular flexibility index (Phi) is 5.77. The lowest BCUT2D eigenvalue weighted by atomic mass is 10.1. The van der Waals surface area contributed by atoms with E-state index < -0.39 is 0 Å². The van der Waals surface area contributed by atoms with E-state index >= 15 is 0 Å². The Bertz CT molecular complexity index is 1010. The number of hydrogen-bond donors (Lipinski definition) is 1. The summed E-state index contributed by atoms with van der Waals surface area (Å²) in [5.74, 6) is 2.10. The first-order valence-electron chi connectivity index (χ1n) is 8.74. The van der Waals surface area contributed by atoms with Crippen LogP contribution in [0.5, 0.6) is 17.5 Å². The molecule has 0 aliphatic heterocycles. The van der Waals surface area contributed by atoms with Gasteiger partial charge in [0.2, 0.25) is 11.8 Å². The van der Waals surface area contributed by atoms with E-state index in [0.29, 0.717) is 46.8 Å². The molecule has 0 aliphatic carbocycles. The van der Waals surface area contributed by atoms with Gasteiger partial charge in [0.05, 0.1) is 29.4 Å². The molecule has 0 amide bonds. The SMILES string of the molecule is Cc1nc(Oc2cc(C#N)ccc2-c2ncc(CN)cn2)cc(OC(C)C)n1. The first kappa shape index (κ1) is 19.2. The monoisotopic (exact) mass is 376 g/mol. The molecule has 0 saturated heterocycles. The van der Waals surface area contributed by atoms with E-state index in [0.717, 1.165) is 5.56 Å². The van der Waals surface area contributed by atoms with Gasteiger partial charge in [-0.15, -0.1) is 0 Å². The van der Waals surface area contributed by atoms with Crippen LogP contribution in [0.25, 0.3) is 11.4 Å². The van der Waals surface area contributed by atoms with Crippen molar-refractivity contribution in [1.29, 1.82) is 5.26 Å². The average molecular weight is 376 g/mol. The molecule has 8 heteroatoms. The second-order valence-corrected chi connectivity index (χ2v) is 6.30. The minimum atomic E-state index is -0.0333. The maximum atomic E-state index is 9.25. The molecule has 8 nitrogen and oxygen atoms in total. The molecule has 2 aromatic heterocycles. The zero-order chi connectivity index (χ0) is 20.1. The summed E-state index contributed by atoms with van der Waals surface area (Å²) in [4.78, 5) is 17.2. The van der Waals surface area contributed by atoms with E-state index in [2.05, 4.69) is 26.0 Å². The van der Waals surface area contributed by atoms with Gasteiger partial charge in [0.25, 0.3) is 0 Å². The van der Waals surface area contributed by atoms with Crippen LogP contribution < -0.4 is 15.2 Å². The van der Waals surface area contributed by atoms with Gasteiger partial charge in [0.15, 0.2) is 5.82 Å². The Balaban J connectivity index is 2.01. The van der Waals surface area contributed by atoms with Crippen molar-refractivity contribution in [2.24, 2.45) is 5.73 Å². The third-order valence-electron chi connectivity index (χ3n) is 3.65. The number of aryl methyl sites for hydroxylation is 1. The van der Waals surface area contributed by atoms with Gasteiger partial charge in [-0.2, -0.15) is 15.2 Å². The second-order valence-electron chi connectivity index (χ2n) is 6.30. The third kappa shape index (κ3) is 4.58. The zero-order valence-corrected chi connectivity index (χ0v) is 15.9. The van der Waals surface area contributed by atoms with Crippen LogP contribution in [-0.2, 0) is 6.54 Å². The number of nitriles is 1. The van der Waals surface area contributed by atoms with E-state index in [1.165, 1.54) is 0 Å². The minimum Gasteiger partial charge on any atom is -0.475 e. The smallest absolute Gasteiger partial charge is 0.226 e. The quantitative estimate of drug-likeness (QED) is 0.696. The minimum absolute atomic E-state index is 0.0333. The highest BCUT2D eigenvalue weighted by Gasteiger charge is 2.14. The first-order valence-corrected chi connectivity index (χ1v) is 8.74. The molecule has 0 saturated carbocycles. The number of hydrogen-bond acceptors (Lipinski definition) is 8. The van der Waals surface area contributed by atoms with Crippen molar-refractivity contribution in [1.82, 2.24) is 19.9 Å². The molecule has 3 rings (SSSR count). The van der Waals surface area contributed by atoms with Crippen molar-refractivity contribution in [2.75, 3.05) is 0 Å². The van der Waals surface area contributed by atoms with Gasteiger partial charge in [0.1, 0.15) is 11.6 Å². The molecule has 3 aromatic rings. The summed E-state index contributed by atoms with van der Waals surface area (Å²) in [5.41, 5.74) is 7.50. The van der Waals surface area contributed by atoms with Crippen LogP contribution in [-0.4, -0.2) is 26.0 Å². The zero-order valence-electron chi connectivity index (χ0n) is 15.9. The normalized spacial score (nSPS) is 10.6. The van der Waals surface area contributed by atoms with E-state index in [1.807, 2.05) is 13.8 Å². The molecule has 0 bridgehead atoms. The van der Waals surface area contributed by atoms with Crippen LogP contribution in [0.2, 0.25) is 0 Å². The van der Waals surface area contributed by atoms with E-state index in [1.54, 1.807) is 43.6 Å². The Labute approximate surface area is 163 Å². The molecule has 28 heavy (non-hydrogen) atoms. The van der Waals surface area contributed by atoms with Gasteiger partial charge in [0, 0.05) is 24.5 Å². The molecular weight excluding hydrogens is 356 g/mol. The third-order valence-corrected chi connectivity index (χ3v) is 3.65. The fraction of sp³-hybridized carbons (Fsp3) is 0.250. The fourth-order valence-corrected chi connectivity index (χ4v) is 2.44. The van der Waals surface area contributed by atoms with Crippen LogP contribution in [0.1, 0.15) is 30.8 Å². The summed E-state index contributed by atoms with van der Waals surface area (Å²) in [6, 6.07) is 8.75. The fourth-order valence-electron chi connectivity index (χ4n) is 2.44. The van der Waals surface area contributed by atoms with Crippen molar-refractivity contribution >= 4 is 0 Å². The van der Waals surface area contributed by atoms with Crippen molar-refractivity contribution < 1.29 is 9.47 Å². The van der Waals surface area contributed by atoms with Gasteiger partial charge in [-0.1, -0.05) is 0 Å². The molecular formula is C20H20N6O2. The van der Waals surface area contributed by atoms with Crippen LogP contribution in [0.3, 0.4) is 0 Å². The Hall–Kier alpha value is -3.57. The molecule has 0 spiro atoms. The van der Waals surface area contributed by atoms with Gasteiger partial charge < -0.3 is 15.2 Å². The van der Waals surface area contributed by atoms with Crippen LogP contribution in [0, 0.1) is 18.3 Å². The summed E-state index contributed by atoms with van der Waals surface area (Å²) in [6.07, 6.45) is 3.29. The molecule has 0 aliphatic rings. The number of benzene rings is 1. The maximum Gasteiger partial charge on any atom is 0.226 e. The van der Waals surface area contributed by atoms with E-state index in [4.69, 9.17) is 15.2 Å². The van der Waals surface area contributed by atoms with Crippen molar-refractivity contribution in [3.8, 4) is 35.0 Å². The molecule has 1 aromatic carbocycles. The molecule has 2 N–H and O–H groups in total. The first-order chi connectivity index (χ1) is 13.5. The van der Waals surface area contributed by atoms with E-state index in [9.17, 15) is 5.26 Å². The lowest BCUT2D eigenvalue weighted by Gasteiger charge is -2.13. The maximum absolute atomic E-state index is 9.25. The Morgan fingerprint density at radius 1 is 1.11 bits per heavy atom. The van der Waals surface area contributed by atoms with E-state index in [-0.39, 0.29) is 6.10 Å². The molecule has 0 atom stereocenters. The summed E-state index contributed by atoms with van der Waals surface area (Å²) >= 11 is 0. The number of rotatable bonds is 6. The molecule has 0 fully saturated rings. The number of ether oxygens (including phenoxy) is 2. The standard InChI is InChI=1S/C20H20N6O2/c1-12(2)27-18-7-19(26-13(3)25-18)28-17-6-14(8-21)4-5-16(17)20-23-10-15(9-22)11-24-20/h4-7,10-12H,9,22H2,1-3H3.